The Bertz CT molecular complexity index is 873. The maximum Gasteiger partial charge on any atom is 1.00 e. The van der Waals surface area contributed by atoms with E-state index in [2.05, 4.69) is 43.0 Å². The first-order valence-corrected chi connectivity index (χ1v) is 12.7. The minimum Gasteiger partial charge on any atom is -0.526 e. The van der Waals surface area contributed by atoms with Gasteiger partial charge in [0.25, 0.3) is 0 Å². The van der Waals surface area contributed by atoms with Gasteiger partial charge in [0.2, 0.25) is 5.91 Å². The molecular formula is C22H31ClFKN3O3S-. The van der Waals surface area contributed by atoms with Crippen molar-refractivity contribution >= 4 is 33.6 Å². The summed E-state index contributed by atoms with van der Waals surface area (Å²) in [5.41, 5.74) is 5.42. The van der Waals surface area contributed by atoms with Crippen molar-refractivity contribution in [2.24, 2.45) is 28.5 Å². The number of primary amides is 1. The molecule has 6 nitrogen and oxygen atoms in total. The molecule has 0 bridgehead atoms. The topological polar surface area (TPSA) is 102 Å². The third kappa shape index (κ3) is 11.8. The molecule has 1 fully saturated rings. The third-order valence-corrected chi connectivity index (χ3v) is 7.12. The van der Waals surface area contributed by atoms with Crippen LogP contribution in [-0.2, 0) is 14.6 Å². The quantitative estimate of drug-likeness (QED) is 0.233. The molecule has 0 aliphatic heterocycles. The third-order valence-electron chi connectivity index (χ3n) is 5.33. The van der Waals surface area contributed by atoms with E-state index in [1.165, 1.54) is 18.4 Å². The Labute approximate surface area is 239 Å². The van der Waals surface area contributed by atoms with E-state index in [0.29, 0.717) is 30.4 Å². The van der Waals surface area contributed by atoms with Crippen LogP contribution in [-0.4, -0.2) is 37.0 Å². The van der Waals surface area contributed by atoms with E-state index in [1.807, 2.05) is 0 Å². The largest absolute Gasteiger partial charge is 1.00 e. The van der Waals surface area contributed by atoms with Crippen molar-refractivity contribution in [3.8, 4) is 0 Å². The predicted molar refractivity (Wildman–Crippen MR) is 122 cm³/mol. The van der Waals surface area contributed by atoms with Crippen LogP contribution in [0.15, 0.2) is 28.5 Å². The Balaban J connectivity index is 0.000000679. The molecule has 0 radical (unpaired) electrons. The van der Waals surface area contributed by atoms with Gasteiger partial charge in [-0.15, -0.1) is 6.07 Å². The van der Waals surface area contributed by atoms with Gasteiger partial charge in [-0.05, 0) is 18.5 Å². The smallest absolute Gasteiger partial charge is 0.526 e. The molecule has 0 unspecified atom stereocenters. The van der Waals surface area contributed by atoms with Gasteiger partial charge in [0, 0.05) is 12.2 Å². The molecule has 1 amide bonds. The standard InChI is InChI=1S/C16H20ClFN2.C6H11NO3S.K/c1-4-6-13(12(3)5-2)9-16(17)20-11-15-8-7-14(18)10-19-15;1-11(9,10)5-2-4(3-5)6(7)8;/h7-8,10,12-13H,4-6H2,1-3H3;4-5H,2-3H2,1H3,(H2,7,8);/q-2;;+1/t12-,13-;;/m0../s1. The number of amides is 1. The van der Waals surface area contributed by atoms with E-state index in [4.69, 9.17) is 17.3 Å². The molecule has 1 aromatic rings. The molecular weight excluding hydrogens is 480 g/mol. The van der Waals surface area contributed by atoms with Gasteiger partial charge in [-0.2, -0.15) is 22.7 Å². The first kappa shape index (κ1) is 31.8. The van der Waals surface area contributed by atoms with Gasteiger partial charge in [0.15, 0.2) is 0 Å². The zero-order valence-corrected chi connectivity index (χ0v) is 24.1. The summed E-state index contributed by atoms with van der Waals surface area (Å²) in [6.07, 6.45) is 12.2. The van der Waals surface area contributed by atoms with Crippen LogP contribution < -0.4 is 57.1 Å². The first-order chi connectivity index (χ1) is 14.5. The SMILES string of the molecule is CCC[C@@H]([C-]=C(Cl)N=[C-]c1ccc(F)cn1)[C@@H](C)CC.CS(=O)(=O)C1CC(C(N)=O)C1.[K+]. The number of hydrogen-bond acceptors (Lipinski definition) is 5. The molecule has 0 aromatic carbocycles. The number of nitrogens with zero attached hydrogens (tertiary/aromatic N) is 2. The molecule has 174 valence electrons. The molecule has 1 aromatic heterocycles. The number of carbonyl (C=O) groups is 1. The molecule has 2 rings (SSSR count). The van der Waals surface area contributed by atoms with Crippen LogP contribution in [0.1, 0.15) is 58.6 Å². The normalized spacial score (nSPS) is 20.4. The Kier molecular flexibility index (Phi) is 15.6. The monoisotopic (exact) mass is 510 g/mol. The average molecular weight is 511 g/mol. The number of hydrogen-bond donors (Lipinski definition) is 1. The van der Waals surface area contributed by atoms with Crippen molar-refractivity contribution in [1.82, 2.24) is 4.98 Å². The van der Waals surface area contributed by atoms with Gasteiger partial charge >= 0.3 is 51.4 Å². The van der Waals surface area contributed by atoms with Gasteiger partial charge in [0.05, 0.1) is 11.4 Å². The van der Waals surface area contributed by atoms with Crippen molar-refractivity contribution in [1.29, 1.82) is 0 Å². The number of rotatable bonds is 9. The number of pyridine rings is 1. The molecule has 32 heavy (non-hydrogen) atoms. The number of aliphatic imine (C=N–C) groups is 1. The minimum absolute atomic E-state index is 0. The number of carbonyl (C=O) groups excluding carboxylic acids is 1. The average Bonchev–Trinajstić information content (AvgIpc) is 2.64. The Morgan fingerprint density at radius 3 is 2.44 bits per heavy atom. The fourth-order valence-electron chi connectivity index (χ4n) is 2.98. The summed E-state index contributed by atoms with van der Waals surface area (Å²) in [4.78, 5) is 18.3. The first-order valence-electron chi connectivity index (χ1n) is 10.3. The van der Waals surface area contributed by atoms with E-state index in [1.54, 1.807) is 0 Å². The molecule has 0 saturated heterocycles. The van der Waals surface area contributed by atoms with Crippen molar-refractivity contribution < 1.29 is 69.0 Å². The number of allylic oxidation sites excluding steroid dienone is 1. The van der Waals surface area contributed by atoms with Gasteiger partial charge in [-0.1, -0.05) is 58.2 Å². The van der Waals surface area contributed by atoms with Crippen LogP contribution in [0, 0.1) is 29.6 Å². The molecule has 2 N–H and O–H groups in total. The van der Waals surface area contributed by atoms with E-state index in [9.17, 15) is 17.6 Å². The van der Waals surface area contributed by atoms with Gasteiger partial charge < -0.3 is 16.8 Å². The molecule has 2 atom stereocenters. The number of halogens is 2. The van der Waals surface area contributed by atoms with Crippen molar-refractivity contribution in [2.45, 2.75) is 58.1 Å². The zero-order valence-electron chi connectivity index (χ0n) is 19.4. The van der Waals surface area contributed by atoms with Gasteiger partial charge in [-0.3, -0.25) is 9.78 Å². The van der Waals surface area contributed by atoms with Crippen LogP contribution in [0.4, 0.5) is 4.39 Å². The van der Waals surface area contributed by atoms with E-state index in [-0.39, 0.29) is 79.4 Å². The van der Waals surface area contributed by atoms with Crippen LogP contribution in [0.25, 0.3) is 0 Å². The van der Waals surface area contributed by atoms with Crippen molar-refractivity contribution in [3.05, 3.63) is 41.1 Å². The molecule has 1 aliphatic rings. The van der Waals surface area contributed by atoms with E-state index >= 15 is 0 Å². The number of aromatic nitrogens is 1. The predicted octanol–water partition coefficient (Wildman–Crippen LogP) is 1.16. The van der Waals surface area contributed by atoms with E-state index < -0.39 is 9.84 Å². The molecule has 1 heterocycles. The maximum atomic E-state index is 12.7. The van der Waals surface area contributed by atoms with Gasteiger partial charge in [-0.25, -0.2) is 12.8 Å². The summed E-state index contributed by atoms with van der Waals surface area (Å²) in [5, 5.41) is -0.0464. The molecule has 1 saturated carbocycles. The van der Waals surface area contributed by atoms with Crippen molar-refractivity contribution in [2.75, 3.05) is 6.26 Å². The number of nitrogens with two attached hydrogens (primary N) is 1. The maximum absolute atomic E-state index is 12.7. The zero-order chi connectivity index (χ0) is 23.6. The Hall–Kier alpha value is -0.164. The van der Waals surface area contributed by atoms with Crippen LogP contribution >= 0.6 is 11.6 Å². The minimum atomic E-state index is -2.94. The summed E-state index contributed by atoms with van der Waals surface area (Å²) in [7, 11) is -2.94. The second-order valence-corrected chi connectivity index (χ2v) is 10.5. The van der Waals surface area contributed by atoms with Gasteiger partial charge in [0.1, 0.15) is 15.7 Å². The van der Waals surface area contributed by atoms with Crippen LogP contribution in [0.5, 0.6) is 0 Å². The fraction of sp³-hybridized carbons (Fsp3) is 0.591. The molecule has 10 heteroatoms. The molecule has 0 spiro atoms. The second kappa shape index (κ2) is 15.7. The van der Waals surface area contributed by atoms with Crippen LogP contribution in [0.3, 0.4) is 0 Å². The Morgan fingerprint density at radius 1 is 1.38 bits per heavy atom. The summed E-state index contributed by atoms with van der Waals surface area (Å²) in [6.45, 7) is 6.48. The summed E-state index contributed by atoms with van der Waals surface area (Å²) < 4.78 is 34.4. The second-order valence-electron chi connectivity index (χ2n) is 7.82. The molecule has 1 aliphatic carbocycles. The van der Waals surface area contributed by atoms with Crippen LogP contribution in [0.2, 0.25) is 0 Å². The number of sulfone groups is 1. The van der Waals surface area contributed by atoms with Crippen molar-refractivity contribution in [3.63, 3.8) is 0 Å². The fourth-order valence-corrected chi connectivity index (χ4v) is 4.32. The summed E-state index contributed by atoms with van der Waals surface area (Å²) in [5.74, 6) is -0.171. The van der Waals surface area contributed by atoms with E-state index in [0.717, 1.165) is 25.5 Å². The summed E-state index contributed by atoms with van der Waals surface area (Å²) >= 11 is 6.07. The summed E-state index contributed by atoms with van der Waals surface area (Å²) in [6, 6.07) is 2.81. The Morgan fingerprint density at radius 2 is 2.00 bits per heavy atom.